The summed E-state index contributed by atoms with van der Waals surface area (Å²) in [7, 11) is 0. The van der Waals surface area contributed by atoms with Crippen LogP contribution >= 0.6 is 11.3 Å². The number of aryl methyl sites for hydroxylation is 2. The molecule has 1 aromatic heterocycles. The van der Waals surface area contributed by atoms with Gasteiger partial charge in [-0.3, -0.25) is 0 Å². The Kier molecular flexibility index (Phi) is 5.53. The molecule has 1 saturated carbocycles. The van der Waals surface area contributed by atoms with Crippen LogP contribution in [0.3, 0.4) is 0 Å². The summed E-state index contributed by atoms with van der Waals surface area (Å²) in [5.41, 5.74) is 3.04. The lowest BCUT2D eigenvalue weighted by molar-refractivity contribution is -0.103. The van der Waals surface area contributed by atoms with Crippen molar-refractivity contribution in [2.75, 3.05) is 13.2 Å². The molecule has 1 aromatic carbocycles. The lowest BCUT2D eigenvalue weighted by Crippen LogP contribution is -2.47. The third-order valence-corrected chi connectivity index (χ3v) is 8.74. The van der Waals surface area contributed by atoms with E-state index in [0.29, 0.717) is 0 Å². The number of nitrogens with one attached hydrogen (secondary N) is 1. The first-order valence-corrected chi connectivity index (χ1v) is 12.2. The quantitative estimate of drug-likeness (QED) is 0.594. The maximum Gasteiger partial charge on any atom is 0.123 e. The van der Waals surface area contributed by atoms with Gasteiger partial charge in [0.2, 0.25) is 0 Å². The Morgan fingerprint density at radius 3 is 2.66 bits per heavy atom. The Bertz CT molecular complexity index is 818. The van der Waals surface area contributed by atoms with Crippen LogP contribution in [0.1, 0.15) is 72.2 Å². The maximum absolute atomic E-state index is 13.6. The average Bonchev–Trinajstić information content (AvgIpc) is 3.43. The molecule has 3 aliphatic rings. The summed E-state index contributed by atoms with van der Waals surface area (Å²) >= 11 is 2.00. The van der Waals surface area contributed by atoms with E-state index in [1.807, 2.05) is 23.5 Å². The molecule has 4 heteroatoms. The summed E-state index contributed by atoms with van der Waals surface area (Å²) in [5.74, 6) is -0.143. The van der Waals surface area contributed by atoms with Crippen LogP contribution in [0, 0.1) is 5.82 Å². The van der Waals surface area contributed by atoms with Gasteiger partial charge in [0.15, 0.2) is 0 Å². The van der Waals surface area contributed by atoms with Gasteiger partial charge < -0.3 is 10.1 Å². The molecule has 0 radical (unpaired) electrons. The fourth-order valence-electron chi connectivity index (χ4n) is 5.98. The van der Waals surface area contributed by atoms with Crippen molar-refractivity contribution in [3.8, 4) is 0 Å². The SMILES string of the molecule is Fc1ccc([C@]2(CCNCc3cc4c(s3)CCC4)CCOC3(CCCC3)C2)cc1. The van der Waals surface area contributed by atoms with Gasteiger partial charge in [0.05, 0.1) is 5.60 Å². The Labute approximate surface area is 177 Å². The Balaban J connectivity index is 1.28. The highest BCUT2D eigenvalue weighted by Gasteiger charge is 2.47. The smallest absolute Gasteiger partial charge is 0.123 e. The molecule has 2 aromatic rings. The van der Waals surface area contributed by atoms with Crippen LogP contribution in [-0.2, 0) is 29.5 Å². The van der Waals surface area contributed by atoms with E-state index >= 15 is 0 Å². The molecule has 1 N–H and O–H groups in total. The van der Waals surface area contributed by atoms with E-state index in [1.165, 1.54) is 55.4 Å². The summed E-state index contributed by atoms with van der Waals surface area (Å²) in [6.07, 6.45) is 12.0. The fourth-order valence-corrected chi connectivity index (χ4v) is 7.21. The Morgan fingerprint density at radius 1 is 1.03 bits per heavy atom. The Hall–Kier alpha value is -1.23. The van der Waals surface area contributed by atoms with Crippen molar-refractivity contribution in [2.24, 2.45) is 0 Å². The molecule has 2 heterocycles. The van der Waals surface area contributed by atoms with Crippen molar-refractivity contribution in [1.29, 1.82) is 0 Å². The van der Waals surface area contributed by atoms with Crippen LogP contribution in [0.5, 0.6) is 0 Å². The van der Waals surface area contributed by atoms with Gasteiger partial charge in [0.25, 0.3) is 0 Å². The first kappa shape index (κ1) is 19.7. The molecule has 0 bridgehead atoms. The lowest BCUT2D eigenvalue weighted by atomic mass is 9.66. The first-order valence-electron chi connectivity index (χ1n) is 11.4. The van der Waals surface area contributed by atoms with Crippen molar-refractivity contribution < 1.29 is 9.13 Å². The molecule has 156 valence electrons. The summed E-state index contributed by atoms with van der Waals surface area (Å²) in [6, 6.07) is 9.72. The zero-order valence-corrected chi connectivity index (χ0v) is 18.1. The molecule has 2 nitrogen and oxygen atoms in total. The lowest BCUT2D eigenvalue weighted by Gasteiger charge is -2.47. The summed E-state index contributed by atoms with van der Waals surface area (Å²) < 4.78 is 19.9. The molecule has 1 saturated heterocycles. The number of rotatable bonds is 6. The highest BCUT2D eigenvalue weighted by Crippen LogP contribution is 2.50. The molecule has 1 atom stereocenters. The highest BCUT2D eigenvalue weighted by atomic mass is 32.1. The molecule has 1 spiro atoms. The number of benzene rings is 1. The zero-order chi connectivity index (χ0) is 19.7. The molecular weight excluding hydrogens is 381 g/mol. The van der Waals surface area contributed by atoms with Crippen LogP contribution < -0.4 is 5.32 Å². The minimum Gasteiger partial charge on any atom is -0.375 e. The van der Waals surface area contributed by atoms with Gasteiger partial charge in [-0.15, -0.1) is 11.3 Å². The molecular formula is C25H32FNOS. The first-order chi connectivity index (χ1) is 14.2. The predicted molar refractivity (Wildman–Crippen MR) is 117 cm³/mol. The third-order valence-electron chi connectivity index (χ3n) is 7.50. The van der Waals surface area contributed by atoms with Gasteiger partial charge in [-0.1, -0.05) is 25.0 Å². The van der Waals surface area contributed by atoms with Gasteiger partial charge in [0, 0.05) is 28.3 Å². The summed E-state index contributed by atoms with van der Waals surface area (Å²) in [4.78, 5) is 3.09. The van der Waals surface area contributed by atoms with E-state index in [4.69, 9.17) is 4.74 Å². The number of hydrogen-bond acceptors (Lipinski definition) is 3. The van der Waals surface area contributed by atoms with Crippen LogP contribution in [0.4, 0.5) is 4.39 Å². The van der Waals surface area contributed by atoms with Gasteiger partial charge in [0.1, 0.15) is 5.82 Å². The zero-order valence-electron chi connectivity index (χ0n) is 17.3. The molecule has 0 amide bonds. The van der Waals surface area contributed by atoms with Crippen molar-refractivity contribution in [3.63, 3.8) is 0 Å². The van der Waals surface area contributed by atoms with Crippen molar-refractivity contribution >= 4 is 11.3 Å². The predicted octanol–water partition coefficient (Wildman–Crippen LogP) is 5.92. The molecule has 2 aliphatic carbocycles. The topological polar surface area (TPSA) is 21.3 Å². The number of thiophene rings is 1. The third kappa shape index (κ3) is 4.04. The minimum absolute atomic E-state index is 0.0567. The molecule has 5 rings (SSSR count). The molecule has 0 unspecified atom stereocenters. The number of fused-ring (bicyclic) bond motifs is 1. The highest BCUT2D eigenvalue weighted by molar-refractivity contribution is 7.12. The standard InChI is InChI=1S/C25H32FNOS/c26-21-8-6-20(7-9-21)24(13-15-28-25(18-24)10-1-2-11-25)12-14-27-17-22-16-19-4-3-5-23(19)29-22/h6-9,16,27H,1-5,10-15,17-18H2/t24-/m1/s1. The molecule has 2 fully saturated rings. The van der Waals surface area contributed by atoms with Crippen LogP contribution in [0.25, 0.3) is 0 Å². The second-order valence-electron chi connectivity index (χ2n) is 9.39. The maximum atomic E-state index is 13.6. The second kappa shape index (κ2) is 8.13. The summed E-state index contributed by atoms with van der Waals surface area (Å²) in [5, 5.41) is 3.72. The van der Waals surface area contributed by atoms with Crippen molar-refractivity contribution in [2.45, 2.75) is 81.8 Å². The minimum atomic E-state index is -0.143. The van der Waals surface area contributed by atoms with Gasteiger partial charge in [-0.2, -0.15) is 0 Å². The average molecular weight is 414 g/mol. The summed E-state index contributed by atoms with van der Waals surface area (Å²) in [6.45, 7) is 2.80. The number of halogens is 1. The van der Waals surface area contributed by atoms with E-state index < -0.39 is 0 Å². The van der Waals surface area contributed by atoms with Gasteiger partial charge in [-0.05, 0) is 87.2 Å². The van der Waals surface area contributed by atoms with Crippen molar-refractivity contribution in [1.82, 2.24) is 5.32 Å². The van der Waals surface area contributed by atoms with Crippen molar-refractivity contribution in [3.05, 3.63) is 57.0 Å². The fraction of sp³-hybridized carbons (Fsp3) is 0.600. The van der Waals surface area contributed by atoms with E-state index in [0.717, 1.165) is 39.0 Å². The van der Waals surface area contributed by atoms with E-state index in [9.17, 15) is 4.39 Å². The van der Waals surface area contributed by atoms with E-state index in [2.05, 4.69) is 11.4 Å². The van der Waals surface area contributed by atoms with Gasteiger partial charge >= 0.3 is 0 Å². The largest absolute Gasteiger partial charge is 0.375 e. The normalized spacial score (nSPS) is 25.6. The molecule has 1 aliphatic heterocycles. The second-order valence-corrected chi connectivity index (χ2v) is 10.6. The van der Waals surface area contributed by atoms with Crippen LogP contribution in [-0.4, -0.2) is 18.8 Å². The number of ether oxygens (including phenoxy) is 1. The van der Waals surface area contributed by atoms with E-state index in [1.54, 1.807) is 22.6 Å². The van der Waals surface area contributed by atoms with Crippen LogP contribution in [0.15, 0.2) is 30.3 Å². The van der Waals surface area contributed by atoms with Crippen LogP contribution in [0.2, 0.25) is 0 Å². The number of hydrogen-bond donors (Lipinski definition) is 1. The van der Waals surface area contributed by atoms with E-state index in [-0.39, 0.29) is 16.8 Å². The molecule has 29 heavy (non-hydrogen) atoms. The Morgan fingerprint density at radius 2 is 1.86 bits per heavy atom. The van der Waals surface area contributed by atoms with Gasteiger partial charge in [-0.25, -0.2) is 4.39 Å². The monoisotopic (exact) mass is 413 g/mol.